The summed E-state index contributed by atoms with van der Waals surface area (Å²) in [5, 5.41) is 11.3. The second kappa shape index (κ2) is 5.06. The summed E-state index contributed by atoms with van der Waals surface area (Å²) in [6.07, 6.45) is 0. The standard InChI is InChI=1S/C12H13N3O4S/c1-7-5-9(3-4-11(7)20(13,17)18)14-12(16)10-6-8(2)15-19-10/h3-6H,1-2H3,(H,14,16)(H2,13,17,18). The summed E-state index contributed by atoms with van der Waals surface area (Å²) in [6.45, 7) is 3.29. The van der Waals surface area contributed by atoms with Crippen LogP contribution < -0.4 is 10.5 Å². The molecular formula is C12H13N3O4S. The van der Waals surface area contributed by atoms with Gasteiger partial charge in [0.2, 0.25) is 15.8 Å². The van der Waals surface area contributed by atoms with Crippen LogP contribution in [0.2, 0.25) is 0 Å². The smallest absolute Gasteiger partial charge is 0.294 e. The summed E-state index contributed by atoms with van der Waals surface area (Å²) in [7, 11) is -3.77. The van der Waals surface area contributed by atoms with Gasteiger partial charge in [0.05, 0.1) is 10.6 Å². The molecule has 0 aliphatic rings. The van der Waals surface area contributed by atoms with Gasteiger partial charge in [-0.3, -0.25) is 4.79 Å². The number of hydrogen-bond acceptors (Lipinski definition) is 5. The fourth-order valence-corrected chi connectivity index (χ4v) is 2.48. The first-order chi connectivity index (χ1) is 9.27. The van der Waals surface area contributed by atoms with E-state index in [-0.39, 0.29) is 10.7 Å². The molecular weight excluding hydrogens is 282 g/mol. The van der Waals surface area contributed by atoms with E-state index in [1.54, 1.807) is 13.8 Å². The predicted molar refractivity (Wildman–Crippen MR) is 71.7 cm³/mol. The lowest BCUT2D eigenvalue weighted by molar-refractivity contribution is 0.0988. The van der Waals surface area contributed by atoms with E-state index in [1.165, 1.54) is 24.3 Å². The van der Waals surface area contributed by atoms with E-state index in [0.29, 0.717) is 16.9 Å². The Morgan fingerprint density at radius 2 is 2.00 bits per heavy atom. The first-order valence-electron chi connectivity index (χ1n) is 5.65. The van der Waals surface area contributed by atoms with Crippen molar-refractivity contribution in [1.82, 2.24) is 5.16 Å². The van der Waals surface area contributed by atoms with Gasteiger partial charge in [0.15, 0.2) is 0 Å². The Labute approximate surface area is 115 Å². The van der Waals surface area contributed by atoms with Crippen LogP contribution in [0.1, 0.15) is 21.8 Å². The van der Waals surface area contributed by atoms with Crippen LogP contribution in [0.4, 0.5) is 5.69 Å². The number of carbonyl (C=O) groups is 1. The summed E-state index contributed by atoms with van der Waals surface area (Å²) >= 11 is 0. The number of amides is 1. The average Bonchev–Trinajstić information content (AvgIpc) is 2.74. The molecule has 0 fully saturated rings. The number of sulfonamides is 1. The average molecular weight is 295 g/mol. The van der Waals surface area contributed by atoms with Crippen LogP contribution in [0.25, 0.3) is 0 Å². The highest BCUT2D eigenvalue weighted by Gasteiger charge is 2.14. The van der Waals surface area contributed by atoms with Crippen molar-refractivity contribution in [3.8, 4) is 0 Å². The highest BCUT2D eigenvalue weighted by molar-refractivity contribution is 7.89. The Balaban J connectivity index is 2.23. The Morgan fingerprint density at radius 3 is 2.50 bits per heavy atom. The molecule has 8 heteroatoms. The number of aromatic nitrogens is 1. The quantitative estimate of drug-likeness (QED) is 0.882. The lowest BCUT2D eigenvalue weighted by atomic mass is 10.2. The lowest BCUT2D eigenvalue weighted by Crippen LogP contribution is -2.15. The van der Waals surface area contributed by atoms with Crippen molar-refractivity contribution in [3.63, 3.8) is 0 Å². The third kappa shape index (κ3) is 3.03. The van der Waals surface area contributed by atoms with Crippen LogP contribution >= 0.6 is 0 Å². The molecule has 3 N–H and O–H groups in total. The Morgan fingerprint density at radius 1 is 1.30 bits per heavy atom. The van der Waals surface area contributed by atoms with Crippen LogP contribution in [-0.2, 0) is 10.0 Å². The van der Waals surface area contributed by atoms with Crippen LogP contribution in [0, 0.1) is 13.8 Å². The van der Waals surface area contributed by atoms with E-state index in [9.17, 15) is 13.2 Å². The molecule has 20 heavy (non-hydrogen) atoms. The summed E-state index contributed by atoms with van der Waals surface area (Å²) in [6, 6.07) is 5.81. The molecule has 0 bridgehead atoms. The maximum Gasteiger partial charge on any atom is 0.294 e. The molecule has 106 valence electrons. The molecule has 0 atom stereocenters. The molecule has 1 aromatic heterocycles. The number of rotatable bonds is 3. The van der Waals surface area contributed by atoms with E-state index < -0.39 is 15.9 Å². The van der Waals surface area contributed by atoms with Crippen molar-refractivity contribution in [2.75, 3.05) is 5.32 Å². The molecule has 2 aromatic rings. The van der Waals surface area contributed by atoms with E-state index in [1.807, 2.05) is 0 Å². The first kappa shape index (κ1) is 14.2. The zero-order chi connectivity index (χ0) is 14.9. The number of nitrogens with one attached hydrogen (secondary N) is 1. The van der Waals surface area contributed by atoms with Gasteiger partial charge in [0.1, 0.15) is 0 Å². The number of nitrogens with two attached hydrogens (primary N) is 1. The predicted octanol–water partition coefficient (Wildman–Crippen LogP) is 1.19. The van der Waals surface area contributed by atoms with Crippen LogP contribution in [0.3, 0.4) is 0 Å². The molecule has 1 amide bonds. The number of aryl methyl sites for hydroxylation is 2. The minimum Gasteiger partial charge on any atom is -0.351 e. The highest BCUT2D eigenvalue weighted by atomic mass is 32.2. The number of carbonyl (C=O) groups excluding carboxylic acids is 1. The third-order valence-electron chi connectivity index (χ3n) is 2.59. The summed E-state index contributed by atoms with van der Waals surface area (Å²) in [4.78, 5) is 11.9. The van der Waals surface area contributed by atoms with E-state index in [0.717, 1.165) is 0 Å². The molecule has 0 radical (unpaired) electrons. The van der Waals surface area contributed by atoms with Gasteiger partial charge in [-0.15, -0.1) is 0 Å². The zero-order valence-electron chi connectivity index (χ0n) is 10.9. The van der Waals surface area contributed by atoms with Gasteiger partial charge in [0.25, 0.3) is 5.91 Å². The normalized spacial score (nSPS) is 11.3. The van der Waals surface area contributed by atoms with Crippen LogP contribution in [-0.4, -0.2) is 19.5 Å². The number of hydrogen-bond donors (Lipinski definition) is 2. The van der Waals surface area contributed by atoms with Gasteiger partial charge < -0.3 is 9.84 Å². The lowest BCUT2D eigenvalue weighted by Gasteiger charge is -2.07. The minimum atomic E-state index is -3.77. The fraction of sp³-hybridized carbons (Fsp3) is 0.167. The Kier molecular flexibility index (Phi) is 3.60. The molecule has 0 unspecified atom stereocenters. The van der Waals surface area contributed by atoms with Crippen LogP contribution in [0.5, 0.6) is 0 Å². The SMILES string of the molecule is Cc1cc(C(=O)Nc2ccc(S(N)(=O)=O)c(C)c2)on1. The van der Waals surface area contributed by atoms with Crippen molar-refractivity contribution in [2.24, 2.45) is 5.14 Å². The second-order valence-corrected chi connectivity index (χ2v) is 5.84. The van der Waals surface area contributed by atoms with Crippen molar-refractivity contribution in [1.29, 1.82) is 0 Å². The van der Waals surface area contributed by atoms with Crippen molar-refractivity contribution < 1.29 is 17.7 Å². The van der Waals surface area contributed by atoms with Gasteiger partial charge in [-0.2, -0.15) is 0 Å². The first-order valence-corrected chi connectivity index (χ1v) is 7.20. The van der Waals surface area contributed by atoms with Crippen molar-refractivity contribution >= 4 is 21.6 Å². The zero-order valence-corrected chi connectivity index (χ0v) is 11.7. The molecule has 0 saturated carbocycles. The fourth-order valence-electron chi connectivity index (χ4n) is 1.71. The summed E-state index contributed by atoms with van der Waals surface area (Å²) in [5.41, 5.74) is 1.48. The maximum absolute atomic E-state index is 11.8. The molecule has 1 heterocycles. The number of benzene rings is 1. The second-order valence-electron chi connectivity index (χ2n) is 4.31. The molecule has 0 saturated heterocycles. The van der Waals surface area contributed by atoms with Gasteiger partial charge in [-0.05, 0) is 37.6 Å². The van der Waals surface area contributed by atoms with Gasteiger partial charge in [-0.1, -0.05) is 5.16 Å². The third-order valence-corrected chi connectivity index (χ3v) is 3.66. The minimum absolute atomic E-state index is 0.0195. The number of anilines is 1. The molecule has 1 aromatic carbocycles. The molecule has 7 nitrogen and oxygen atoms in total. The monoisotopic (exact) mass is 295 g/mol. The molecule has 0 aliphatic heterocycles. The highest BCUT2D eigenvalue weighted by Crippen LogP contribution is 2.19. The van der Waals surface area contributed by atoms with Gasteiger partial charge in [-0.25, -0.2) is 13.6 Å². The van der Waals surface area contributed by atoms with E-state index >= 15 is 0 Å². The number of primary sulfonamides is 1. The largest absolute Gasteiger partial charge is 0.351 e. The molecule has 0 aliphatic carbocycles. The maximum atomic E-state index is 11.8. The van der Waals surface area contributed by atoms with E-state index in [4.69, 9.17) is 9.66 Å². The van der Waals surface area contributed by atoms with E-state index in [2.05, 4.69) is 10.5 Å². The molecule has 2 rings (SSSR count). The van der Waals surface area contributed by atoms with Crippen molar-refractivity contribution in [2.45, 2.75) is 18.7 Å². The van der Waals surface area contributed by atoms with Gasteiger partial charge in [0, 0.05) is 11.8 Å². The topological polar surface area (TPSA) is 115 Å². The number of nitrogens with zero attached hydrogens (tertiary/aromatic N) is 1. The van der Waals surface area contributed by atoms with Gasteiger partial charge >= 0.3 is 0 Å². The molecule has 0 spiro atoms. The van der Waals surface area contributed by atoms with Crippen molar-refractivity contribution in [3.05, 3.63) is 41.3 Å². The Bertz CT molecular complexity index is 765. The summed E-state index contributed by atoms with van der Waals surface area (Å²) in [5.74, 6) is -0.385. The van der Waals surface area contributed by atoms with Crippen LogP contribution in [0.15, 0.2) is 33.7 Å². The Hall–Kier alpha value is -2.19. The summed E-state index contributed by atoms with van der Waals surface area (Å²) < 4.78 is 27.4.